The van der Waals surface area contributed by atoms with Crippen molar-refractivity contribution in [2.45, 2.75) is 27.7 Å². The van der Waals surface area contributed by atoms with Gasteiger partial charge in [0.25, 0.3) is 5.91 Å². The normalized spacial score (nSPS) is 18.0. The number of allylic oxidation sites excluding steroid dienone is 5. The molecule has 0 fully saturated rings. The number of likely N-dealkylation sites (N-methyl/N-ethyl adjacent to an activating group) is 1. The number of nitrogens with zero attached hydrogens (tertiary/aromatic N) is 5. The van der Waals surface area contributed by atoms with E-state index in [9.17, 15) is 4.79 Å². The minimum atomic E-state index is -0.143. The van der Waals surface area contributed by atoms with Gasteiger partial charge in [0.15, 0.2) is 0 Å². The number of amides is 1. The molecule has 0 aliphatic carbocycles. The molecule has 0 spiro atoms. The number of aliphatic imine (C=N–C) groups is 2. The second-order valence-electron chi connectivity index (χ2n) is 8.49. The summed E-state index contributed by atoms with van der Waals surface area (Å²) in [6, 6.07) is 7.81. The van der Waals surface area contributed by atoms with E-state index < -0.39 is 0 Å². The minimum absolute atomic E-state index is 0. The van der Waals surface area contributed by atoms with E-state index in [0.717, 1.165) is 38.9 Å². The average Bonchev–Trinajstić information content (AvgIpc) is 3.59. The first-order chi connectivity index (χ1) is 15.8. The molecule has 0 atom stereocenters. The van der Waals surface area contributed by atoms with Crippen LogP contribution in [0.25, 0.3) is 22.3 Å². The summed E-state index contributed by atoms with van der Waals surface area (Å²) in [7, 11) is 3.47. The molecule has 0 N–H and O–H groups in total. The van der Waals surface area contributed by atoms with Crippen LogP contribution in [0.15, 0.2) is 69.9 Å². The van der Waals surface area contributed by atoms with Crippen molar-refractivity contribution in [2.24, 2.45) is 9.98 Å². The van der Waals surface area contributed by atoms with Crippen molar-refractivity contribution in [3.05, 3.63) is 82.0 Å². The van der Waals surface area contributed by atoms with Crippen LogP contribution in [-0.4, -0.2) is 36.8 Å². The van der Waals surface area contributed by atoms with Crippen LogP contribution in [0.3, 0.4) is 0 Å². The van der Waals surface area contributed by atoms with Crippen LogP contribution < -0.4 is 20.7 Å². The topological polar surface area (TPSA) is 73.2 Å². The average molecular weight is 492 g/mol. The molecule has 2 aliphatic rings. The van der Waals surface area contributed by atoms with E-state index in [1.54, 1.807) is 25.2 Å². The van der Waals surface area contributed by atoms with Crippen LogP contribution in [0.5, 0.6) is 0 Å². The molecule has 173 valence electrons. The molecular weight excluding hydrogens is 465 g/mol. The maximum absolute atomic E-state index is 13.1. The summed E-state index contributed by atoms with van der Waals surface area (Å²) < 4.78 is 0. The summed E-state index contributed by atoms with van der Waals surface area (Å²) in [6.45, 7) is 8.07. The summed E-state index contributed by atoms with van der Waals surface area (Å²) in [6.07, 6.45) is 9.41. The van der Waals surface area contributed by atoms with Gasteiger partial charge in [-0.3, -0.25) is 9.79 Å². The molecule has 34 heavy (non-hydrogen) atoms. The number of hydrogen-bond acceptors (Lipinski definition) is 3. The van der Waals surface area contributed by atoms with Crippen molar-refractivity contribution in [2.75, 3.05) is 14.1 Å². The molecule has 0 aromatic carbocycles. The number of rotatable bonds is 4. The Morgan fingerprint density at radius 2 is 1.53 bits per heavy atom. The first kappa shape index (κ1) is 25.2. The molecule has 4 rings (SSSR count). The molecule has 1 amide bonds. The molecule has 0 bridgehead atoms. The third-order valence-corrected chi connectivity index (χ3v) is 5.66. The van der Waals surface area contributed by atoms with Crippen molar-refractivity contribution in [1.82, 2.24) is 14.9 Å². The number of carbonyl (C=O) groups excluding carboxylic acids is 1. The summed E-state index contributed by atoms with van der Waals surface area (Å²) in [4.78, 5) is 33.3. The van der Waals surface area contributed by atoms with Crippen molar-refractivity contribution < 1.29 is 21.9 Å². The minimum Gasteiger partial charge on any atom is -0.658 e. The molecule has 0 saturated heterocycles. The van der Waals surface area contributed by atoms with Gasteiger partial charge in [0.2, 0.25) is 0 Å². The van der Waals surface area contributed by atoms with Gasteiger partial charge in [-0.1, -0.05) is 29.8 Å². The Hall–Kier alpha value is -3.41. The van der Waals surface area contributed by atoms with E-state index in [1.807, 2.05) is 76.3 Å². The fraction of sp³-hybridized carbons (Fsp3) is 0.222. The van der Waals surface area contributed by atoms with Crippen LogP contribution in [0.1, 0.15) is 39.1 Å². The largest absolute Gasteiger partial charge is 2.00 e. The second kappa shape index (κ2) is 10.2. The molecule has 0 saturated carbocycles. The third-order valence-electron chi connectivity index (χ3n) is 5.66. The van der Waals surface area contributed by atoms with Gasteiger partial charge < -0.3 is 14.9 Å². The molecule has 4 heterocycles. The van der Waals surface area contributed by atoms with Gasteiger partial charge >= 0.3 is 17.1 Å². The standard InChI is InChI=1S/C27H28N5O.Mn/c1-16(2)19-9-10-22(29-19)18(4)23-12-14-25(31-23)26(27(33)32(5)6)24-13-11-21(30-24)17(3)20-8-7-15-28-20;/h7-15H,1-6H3,(H-,28,29,30,31,33);/q-1;+2/p-1. The molecule has 2 aliphatic heterocycles. The van der Waals surface area contributed by atoms with E-state index in [0.29, 0.717) is 17.0 Å². The predicted molar refractivity (Wildman–Crippen MR) is 135 cm³/mol. The Labute approximate surface area is 210 Å². The van der Waals surface area contributed by atoms with Crippen molar-refractivity contribution in [1.29, 1.82) is 0 Å². The Morgan fingerprint density at radius 1 is 0.824 bits per heavy atom. The SMILES string of the molecule is CC(C)=c1cc/c(=C(\C)C2=N/C(=C(/C(=O)N(C)C)c3ccc(/C(C)=C4/C=CC=N4)[n-]3)C=C2)[n-]1.[Mn+2]. The van der Waals surface area contributed by atoms with Crippen molar-refractivity contribution >= 4 is 40.1 Å². The molecule has 1 radical (unpaired) electrons. The zero-order chi connectivity index (χ0) is 23.7. The summed E-state index contributed by atoms with van der Waals surface area (Å²) in [5, 5.41) is 1.86. The third kappa shape index (κ3) is 4.91. The molecule has 2 aromatic heterocycles. The molecule has 6 nitrogen and oxygen atoms in total. The number of carbonyl (C=O) groups is 1. The predicted octanol–water partition coefficient (Wildman–Crippen LogP) is 2.84. The van der Waals surface area contributed by atoms with Gasteiger partial charge in [-0.15, -0.1) is 22.1 Å². The fourth-order valence-electron chi connectivity index (χ4n) is 3.63. The van der Waals surface area contributed by atoms with Crippen LogP contribution >= 0.6 is 0 Å². The fourth-order valence-corrected chi connectivity index (χ4v) is 3.63. The Kier molecular flexibility index (Phi) is 7.60. The number of hydrogen-bond donors (Lipinski definition) is 0. The van der Waals surface area contributed by atoms with Crippen LogP contribution in [0.4, 0.5) is 0 Å². The van der Waals surface area contributed by atoms with Crippen molar-refractivity contribution in [3.8, 4) is 0 Å². The first-order valence-electron chi connectivity index (χ1n) is 10.8. The van der Waals surface area contributed by atoms with E-state index in [-0.39, 0.29) is 23.0 Å². The summed E-state index contributed by atoms with van der Waals surface area (Å²) in [5.41, 5.74) is 7.23. The monoisotopic (exact) mass is 492 g/mol. The first-order valence-corrected chi connectivity index (χ1v) is 10.8. The van der Waals surface area contributed by atoms with Crippen LogP contribution in [0.2, 0.25) is 0 Å². The van der Waals surface area contributed by atoms with Gasteiger partial charge in [0.05, 0.1) is 22.7 Å². The van der Waals surface area contributed by atoms with E-state index >= 15 is 0 Å². The summed E-state index contributed by atoms with van der Waals surface area (Å²) >= 11 is 0. The van der Waals surface area contributed by atoms with Gasteiger partial charge in [0, 0.05) is 20.3 Å². The van der Waals surface area contributed by atoms with Crippen molar-refractivity contribution in [3.63, 3.8) is 0 Å². The maximum Gasteiger partial charge on any atom is 2.00 e. The molecule has 2 aromatic rings. The van der Waals surface area contributed by atoms with Crippen LogP contribution in [-0.2, 0) is 21.9 Å². The maximum atomic E-state index is 13.1. The van der Waals surface area contributed by atoms with Gasteiger partial charge in [-0.25, -0.2) is 4.99 Å². The van der Waals surface area contributed by atoms with Gasteiger partial charge in [-0.2, -0.15) is 0 Å². The smallest absolute Gasteiger partial charge is 0.658 e. The van der Waals surface area contributed by atoms with E-state index in [2.05, 4.69) is 4.99 Å². The Bertz CT molecular complexity index is 1420. The Balaban J connectivity index is 0.00000324. The van der Waals surface area contributed by atoms with Gasteiger partial charge in [0.1, 0.15) is 0 Å². The zero-order valence-corrected chi connectivity index (χ0v) is 21.4. The molecular formula is C27H27MnN5O. The van der Waals surface area contributed by atoms with Gasteiger partial charge in [-0.05, 0) is 63.1 Å². The van der Waals surface area contributed by atoms with Crippen LogP contribution in [0, 0.1) is 0 Å². The van der Waals surface area contributed by atoms with E-state index in [1.165, 1.54) is 5.57 Å². The van der Waals surface area contributed by atoms with E-state index in [4.69, 9.17) is 15.0 Å². The summed E-state index contributed by atoms with van der Waals surface area (Å²) in [5.74, 6) is -0.143. The number of aromatic nitrogens is 2. The quantitative estimate of drug-likeness (QED) is 0.487. The molecule has 0 unspecified atom stereocenters. The zero-order valence-electron chi connectivity index (χ0n) is 20.2. The second-order valence-corrected chi connectivity index (χ2v) is 8.49. The Morgan fingerprint density at radius 3 is 2.15 bits per heavy atom. The molecule has 7 heteroatoms.